The van der Waals surface area contributed by atoms with Gasteiger partial charge < -0.3 is 5.32 Å². The maximum absolute atomic E-state index is 11.8. The van der Waals surface area contributed by atoms with Crippen molar-refractivity contribution in [3.63, 3.8) is 0 Å². The van der Waals surface area contributed by atoms with Gasteiger partial charge in [0.15, 0.2) is 5.82 Å². The second kappa shape index (κ2) is 5.14. The largest absolute Gasteiger partial charge is 0.325 e. The summed E-state index contributed by atoms with van der Waals surface area (Å²) in [5, 5.41) is 14.3. The number of tetrazole rings is 1. The van der Waals surface area contributed by atoms with Gasteiger partial charge in [0.05, 0.1) is 6.42 Å². The Bertz CT molecular complexity index is 581. The van der Waals surface area contributed by atoms with Crippen molar-refractivity contribution in [3.8, 4) is 0 Å². The third-order valence-electron chi connectivity index (χ3n) is 2.50. The molecule has 1 N–H and O–H groups in total. The van der Waals surface area contributed by atoms with Gasteiger partial charge in [0.2, 0.25) is 5.91 Å². The van der Waals surface area contributed by atoms with Crippen molar-refractivity contribution in [2.75, 3.05) is 5.32 Å². The zero-order chi connectivity index (χ0) is 13.1. The number of benzene rings is 1. The Balaban J connectivity index is 2.08. The van der Waals surface area contributed by atoms with Gasteiger partial charge >= 0.3 is 0 Å². The Hall–Kier alpha value is -1.95. The van der Waals surface area contributed by atoms with E-state index in [1.54, 1.807) is 19.2 Å². The third kappa shape index (κ3) is 2.84. The number of hydrogen-bond acceptors (Lipinski definition) is 4. The lowest BCUT2D eigenvalue weighted by molar-refractivity contribution is -0.115. The molecule has 0 radical (unpaired) electrons. The van der Waals surface area contributed by atoms with Crippen molar-refractivity contribution in [2.45, 2.75) is 13.3 Å². The molecule has 0 unspecified atom stereocenters. The molecule has 0 fully saturated rings. The number of nitrogens with zero attached hydrogens (tertiary/aromatic N) is 4. The molecule has 0 bridgehead atoms. The molecule has 1 amide bonds. The van der Waals surface area contributed by atoms with E-state index in [0.29, 0.717) is 16.5 Å². The summed E-state index contributed by atoms with van der Waals surface area (Å²) in [7, 11) is 1.69. The molecule has 6 nitrogen and oxygen atoms in total. The topological polar surface area (TPSA) is 72.7 Å². The van der Waals surface area contributed by atoms with Gasteiger partial charge in [-0.05, 0) is 35.0 Å². The molecular formula is C11H12ClN5O. The van der Waals surface area contributed by atoms with E-state index in [0.717, 1.165) is 5.56 Å². The van der Waals surface area contributed by atoms with Gasteiger partial charge in [-0.15, -0.1) is 5.10 Å². The van der Waals surface area contributed by atoms with Crippen molar-refractivity contribution in [1.82, 2.24) is 20.2 Å². The number of aryl methyl sites for hydroxylation is 2. The number of carbonyl (C=O) groups excluding carboxylic acids is 1. The standard InChI is InChI=1S/C11H12ClN5O/c1-7-3-4-8(12)5-9(7)13-11(18)6-10-14-15-16-17(10)2/h3-5H,6H2,1-2H3,(H,13,18). The van der Waals surface area contributed by atoms with Gasteiger partial charge in [-0.25, -0.2) is 4.68 Å². The normalized spacial score (nSPS) is 10.4. The van der Waals surface area contributed by atoms with Gasteiger partial charge in [0.1, 0.15) is 0 Å². The number of halogens is 1. The van der Waals surface area contributed by atoms with Crippen LogP contribution >= 0.6 is 11.6 Å². The molecule has 1 aromatic heterocycles. The summed E-state index contributed by atoms with van der Waals surface area (Å²) in [5.74, 6) is 0.324. The van der Waals surface area contributed by atoms with E-state index < -0.39 is 0 Å². The van der Waals surface area contributed by atoms with Crippen LogP contribution in [-0.2, 0) is 18.3 Å². The first-order valence-corrected chi connectivity index (χ1v) is 5.71. The monoisotopic (exact) mass is 265 g/mol. The first-order chi connectivity index (χ1) is 8.56. The summed E-state index contributed by atoms with van der Waals surface area (Å²) < 4.78 is 1.46. The number of rotatable bonds is 3. The average Bonchev–Trinajstić information content (AvgIpc) is 2.70. The van der Waals surface area contributed by atoms with Crippen LogP contribution in [0.1, 0.15) is 11.4 Å². The summed E-state index contributed by atoms with van der Waals surface area (Å²) in [5.41, 5.74) is 1.64. The zero-order valence-electron chi connectivity index (χ0n) is 10.0. The van der Waals surface area contributed by atoms with Crippen LogP contribution in [0, 0.1) is 6.92 Å². The van der Waals surface area contributed by atoms with E-state index >= 15 is 0 Å². The van der Waals surface area contributed by atoms with Gasteiger partial charge in [0.25, 0.3) is 0 Å². The molecular weight excluding hydrogens is 254 g/mol. The molecule has 94 valence electrons. The molecule has 0 aliphatic rings. The van der Waals surface area contributed by atoms with Crippen molar-refractivity contribution >= 4 is 23.2 Å². The van der Waals surface area contributed by atoms with Crippen molar-refractivity contribution < 1.29 is 4.79 Å². The fourth-order valence-corrected chi connectivity index (χ4v) is 1.64. The molecule has 2 rings (SSSR count). The minimum absolute atomic E-state index is 0.120. The van der Waals surface area contributed by atoms with E-state index in [9.17, 15) is 4.79 Å². The Kier molecular flexibility index (Phi) is 3.57. The van der Waals surface area contributed by atoms with E-state index in [-0.39, 0.29) is 12.3 Å². The maximum atomic E-state index is 11.8. The van der Waals surface area contributed by atoms with E-state index in [1.807, 2.05) is 13.0 Å². The highest BCUT2D eigenvalue weighted by Gasteiger charge is 2.10. The second-order valence-corrected chi connectivity index (χ2v) is 4.34. The molecule has 18 heavy (non-hydrogen) atoms. The van der Waals surface area contributed by atoms with Crippen LogP contribution in [0.25, 0.3) is 0 Å². The van der Waals surface area contributed by atoms with Crippen molar-refractivity contribution in [3.05, 3.63) is 34.6 Å². The van der Waals surface area contributed by atoms with E-state index in [2.05, 4.69) is 20.8 Å². The first-order valence-electron chi connectivity index (χ1n) is 5.33. The minimum atomic E-state index is -0.182. The summed E-state index contributed by atoms with van der Waals surface area (Å²) in [4.78, 5) is 11.8. The minimum Gasteiger partial charge on any atom is -0.325 e. The molecule has 0 atom stereocenters. The van der Waals surface area contributed by atoms with Gasteiger partial charge in [-0.1, -0.05) is 17.7 Å². The molecule has 7 heteroatoms. The summed E-state index contributed by atoms with van der Waals surface area (Å²) in [6, 6.07) is 5.34. The molecule has 0 aliphatic carbocycles. The van der Waals surface area contributed by atoms with Crippen LogP contribution in [0.5, 0.6) is 0 Å². The number of nitrogens with one attached hydrogen (secondary N) is 1. The highest BCUT2D eigenvalue weighted by Crippen LogP contribution is 2.20. The third-order valence-corrected chi connectivity index (χ3v) is 2.74. The van der Waals surface area contributed by atoms with Crippen LogP contribution in [0.4, 0.5) is 5.69 Å². The van der Waals surface area contributed by atoms with Crippen LogP contribution in [0.2, 0.25) is 5.02 Å². The van der Waals surface area contributed by atoms with Crippen molar-refractivity contribution in [2.24, 2.45) is 7.05 Å². The Labute approximate surface area is 109 Å². The van der Waals surface area contributed by atoms with Gasteiger partial charge in [0, 0.05) is 17.8 Å². The molecule has 0 spiro atoms. The molecule has 0 saturated carbocycles. The number of anilines is 1. The van der Waals surface area contributed by atoms with Crippen LogP contribution in [-0.4, -0.2) is 26.1 Å². The predicted octanol–water partition coefficient (Wildman–Crippen LogP) is 1.35. The van der Waals surface area contributed by atoms with Crippen LogP contribution in [0.15, 0.2) is 18.2 Å². The maximum Gasteiger partial charge on any atom is 0.232 e. The number of hydrogen-bond donors (Lipinski definition) is 1. The van der Waals surface area contributed by atoms with Crippen LogP contribution in [0.3, 0.4) is 0 Å². The lowest BCUT2D eigenvalue weighted by Crippen LogP contribution is -2.17. The summed E-state index contributed by atoms with van der Waals surface area (Å²) in [6.45, 7) is 1.90. The molecule has 0 saturated heterocycles. The second-order valence-electron chi connectivity index (χ2n) is 3.90. The molecule has 1 heterocycles. The Morgan fingerprint density at radius 2 is 2.28 bits per heavy atom. The SMILES string of the molecule is Cc1ccc(Cl)cc1NC(=O)Cc1nnnn1C. The highest BCUT2D eigenvalue weighted by atomic mass is 35.5. The fraction of sp³-hybridized carbons (Fsp3) is 0.273. The fourth-order valence-electron chi connectivity index (χ4n) is 1.46. The lowest BCUT2D eigenvalue weighted by atomic mass is 10.2. The summed E-state index contributed by atoms with van der Waals surface area (Å²) >= 11 is 5.88. The van der Waals surface area contributed by atoms with Gasteiger partial charge in [-0.2, -0.15) is 0 Å². The van der Waals surface area contributed by atoms with E-state index in [4.69, 9.17) is 11.6 Å². The number of aromatic nitrogens is 4. The van der Waals surface area contributed by atoms with Crippen molar-refractivity contribution in [1.29, 1.82) is 0 Å². The Morgan fingerprint density at radius 1 is 1.50 bits per heavy atom. The molecule has 2 aromatic rings. The van der Waals surface area contributed by atoms with Crippen LogP contribution < -0.4 is 5.32 Å². The smallest absolute Gasteiger partial charge is 0.232 e. The van der Waals surface area contributed by atoms with Gasteiger partial charge in [-0.3, -0.25) is 4.79 Å². The quantitative estimate of drug-likeness (QED) is 0.909. The highest BCUT2D eigenvalue weighted by molar-refractivity contribution is 6.31. The van der Waals surface area contributed by atoms with E-state index in [1.165, 1.54) is 4.68 Å². The predicted molar refractivity (Wildman–Crippen MR) is 67.3 cm³/mol. The average molecular weight is 266 g/mol. The zero-order valence-corrected chi connectivity index (χ0v) is 10.8. The Morgan fingerprint density at radius 3 is 2.94 bits per heavy atom. The number of amides is 1. The molecule has 1 aromatic carbocycles. The number of carbonyl (C=O) groups is 1. The summed E-state index contributed by atoms with van der Waals surface area (Å²) in [6.07, 6.45) is 0.120. The lowest BCUT2D eigenvalue weighted by Gasteiger charge is -2.08. The molecule has 0 aliphatic heterocycles. The first kappa shape index (κ1) is 12.5.